The van der Waals surface area contributed by atoms with E-state index in [4.69, 9.17) is 5.73 Å². The summed E-state index contributed by atoms with van der Waals surface area (Å²) in [6.45, 7) is 0.222. The number of halogens is 1. The molecule has 1 rings (SSSR count). The Hall–Kier alpha value is -1.14. The molecule has 0 bridgehead atoms. The van der Waals surface area contributed by atoms with Gasteiger partial charge in [0.25, 0.3) is 0 Å². The molecule has 0 unspecified atom stereocenters. The minimum Gasteiger partial charge on any atom is -0.326 e. The Morgan fingerprint density at radius 2 is 2.07 bits per heavy atom. The van der Waals surface area contributed by atoms with Crippen molar-refractivity contribution >= 4 is 15.7 Å². The topological polar surface area (TPSA) is 63.4 Å². The maximum atomic E-state index is 13.5. The molecule has 0 spiro atoms. The summed E-state index contributed by atoms with van der Waals surface area (Å²) >= 11 is 0. The molecular formula is C9H13FN2O2S. The summed E-state index contributed by atoms with van der Waals surface area (Å²) in [6.07, 6.45) is 1.02. The fraction of sp³-hybridized carbons (Fsp3) is 0.333. The fourth-order valence-electron chi connectivity index (χ4n) is 1.11. The highest BCUT2D eigenvalue weighted by Crippen LogP contribution is 2.21. The third kappa shape index (κ3) is 2.66. The zero-order chi connectivity index (χ0) is 11.6. The molecule has 0 fully saturated rings. The monoisotopic (exact) mass is 232 g/mol. The minimum atomic E-state index is -3.44. The molecular weight excluding hydrogens is 219 g/mol. The van der Waals surface area contributed by atoms with Gasteiger partial charge in [0.05, 0.1) is 11.9 Å². The summed E-state index contributed by atoms with van der Waals surface area (Å²) in [5.41, 5.74) is 5.98. The van der Waals surface area contributed by atoms with Gasteiger partial charge in [-0.25, -0.2) is 12.8 Å². The fourth-order valence-corrected chi connectivity index (χ4v) is 1.62. The standard InChI is InChI=1S/C9H13FN2O2S/c1-12(15(2,13)14)9-4-3-7(6-11)5-8(9)10/h3-5H,6,11H2,1-2H3. The number of rotatable bonds is 3. The van der Waals surface area contributed by atoms with Crippen molar-refractivity contribution in [3.63, 3.8) is 0 Å². The Kier molecular flexibility index (Phi) is 3.31. The first-order chi connectivity index (χ1) is 6.86. The molecule has 0 radical (unpaired) electrons. The first-order valence-electron chi connectivity index (χ1n) is 4.28. The van der Waals surface area contributed by atoms with Crippen LogP contribution < -0.4 is 10.0 Å². The van der Waals surface area contributed by atoms with Gasteiger partial charge in [0.2, 0.25) is 10.0 Å². The summed E-state index contributed by atoms with van der Waals surface area (Å²) in [5, 5.41) is 0. The predicted octanol–water partition coefficient (Wildman–Crippen LogP) is 0.680. The third-order valence-electron chi connectivity index (χ3n) is 2.08. The first kappa shape index (κ1) is 11.9. The Labute approximate surface area is 88.6 Å². The van der Waals surface area contributed by atoms with Crippen LogP contribution in [-0.2, 0) is 16.6 Å². The van der Waals surface area contributed by atoms with Crippen molar-refractivity contribution in [2.45, 2.75) is 6.54 Å². The van der Waals surface area contributed by atoms with Crippen molar-refractivity contribution in [1.29, 1.82) is 0 Å². The van der Waals surface area contributed by atoms with E-state index in [1.807, 2.05) is 0 Å². The van der Waals surface area contributed by atoms with Crippen LogP contribution in [0.25, 0.3) is 0 Å². The summed E-state index contributed by atoms with van der Waals surface area (Å²) in [7, 11) is -2.13. The highest BCUT2D eigenvalue weighted by molar-refractivity contribution is 7.92. The van der Waals surface area contributed by atoms with Crippen LogP contribution in [0.5, 0.6) is 0 Å². The predicted molar refractivity (Wildman–Crippen MR) is 57.5 cm³/mol. The zero-order valence-electron chi connectivity index (χ0n) is 8.57. The number of benzene rings is 1. The molecule has 15 heavy (non-hydrogen) atoms. The van der Waals surface area contributed by atoms with E-state index in [0.717, 1.165) is 10.6 Å². The highest BCUT2D eigenvalue weighted by Gasteiger charge is 2.15. The van der Waals surface area contributed by atoms with Gasteiger partial charge in [-0.1, -0.05) is 6.07 Å². The molecule has 1 aromatic rings. The molecule has 0 aromatic heterocycles. The second-order valence-corrected chi connectivity index (χ2v) is 5.23. The average molecular weight is 232 g/mol. The van der Waals surface area contributed by atoms with Crippen LogP contribution in [0.2, 0.25) is 0 Å². The van der Waals surface area contributed by atoms with Crippen LogP contribution in [-0.4, -0.2) is 21.7 Å². The maximum Gasteiger partial charge on any atom is 0.232 e. The van der Waals surface area contributed by atoms with E-state index >= 15 is 0 Å². The van der Waals surface area contributed by atoms with E-state index in [9.17, 15) is 12.8 Å². The SMILES string of the molecule is CN(c1ccc(CN)cc1F)S(C)(=O)=O. The second kappa shape index (κ2) is 4.16. The first-order valence-corrected chi connectivity index (χ1v) is 6.13. The normalized spacial score (nSPS) is 11.5. The van der Waals surface area contributed by atoms with Gasteiger partial charge in [0.15, 0.2) is 0 Å². The van der Waals surface area contributed by atoms with Gasteiger partial charge < -0.3 is 5.73 Å². The van der Waals surface area contributed by atoms with E-state index in [1.54, 1.807) is 6.07 Å². The van der Waals surface area contributed by atoms with Crippen molar-refractivity contribution in [3.05, 3.63) is 29.6 Å². The second-order valence-electron chi connectivity index (χ2n) is 3.22. The van der Waals surface area contributed by atoms with Gasteiger partial charge in [-0.15, -0.1) is 0 Å². The van der Waals surface area contributed by atoms with E-state index in [0.29, 0.717) is 5.56 Å². The van der Waals surface area contributed by atoms with Crippen LogP contribution in [0.3, 0.4) is 0 Å². The van der Waals surface area contributed by atoms with Gasteiger partial charge in [-0.05, 0) is 17.7 Å². The van der Waals surface area contributed by atoms with Crippen LogP contribution in [0.15, 0.2) is 18.2 Å². The molecule has 1 aromatic carbocycles. The quantitative estimate of drug-likeness (QED) is 0.833. The largest absolute Gasteiger partial charge is 0.326 e. The van der Waals surface area contributed by atoms with Crippen molar-refractivity contribution < 1.29 is 12.8 Å². The van der Waals surface area contributed by atoms with Gasteiger partial charge in [-0.2, -0.15) is 0 Å². The zero-order valence-corrected chi connectivity index (χ0v) is 9.38. The number of sulfonamides is 1. The van der Waals surface area contributed by atoms with Gasteiger partial charge in [-0.3, -0.25) is 4.31 Å². The molecule has 0 amide bonds. The van der Waals surface area contributed by atoms with Crippen molar-refractivity contribution in [1.82, 2.24) is 0 Å². The molecule has 0 atom stereocenters. The molecule has 84 valence electrons. The van der Waals surface area contributed by atoms with Crippen molar-refractivity contribution in [2.24, 2.45) is 5.73 Å². The number of nitrogens with zero attached hydrogens (tertiary/aromatic N) is 1. The molecule has 0 saturated carbocycles. The lowest BCUT2D eigenvalue weighted by Crippen LogP contribution is -2.25. The Bertz CT molecular complexity index is 459. The molecule has 0 heterocycles. The van der Waals surface area contributed by atoms with E-state index in [1.165, 1.54) is 19.2 Å². The summed E-state index contributed by atoms with van der Waals surface area (Å²) in [4.78, 5) is 0. The number of nitrogens with two attached hydrogens (primary N) is 1. The summed E-state index contributed by atoms with van der Waals surface area (Å²) in [6, 6.07) is 4.23. The Balaban J connectivity index is 3.17. The highest BCUT2D eigenvalue weighted by atomic mass is 32.2. The van der Waals surface area contributed by atoms with Crippen LogP contribution in [0.4, 0.5) is 10.1 Å². The minimum absolute atomic E-state index is 0.0229. The molecule has 0 aliphatic rings. The third-order valence-corrected chi connectivity index (χ3v) is 3.28. The Morgan fingerprint density at radius 1 is 1.47 bits per heavy atom. The number of anilines is 1. The molecule has 0 saturated heterocycles. The molecule has 2 N–H and O–H groups in total. The molecule has 0 aliphatic carbocycles. The van der Waals surface area contributed by atoms with E-state index in [-0.39, 0.29) is 12.2 Å². The van der Waals surface area contributed by atoms with Gasteiger partial charge >= 0.3 is 0 Å². The van der Waals surface area contributed by atoms with Crippen molar-refractivity contribution in [3.8, 4) is 0 Å². The van der Waals surface area contributed by atoms with Crippen LogP contribution in [0, 0.1) is 5.82 Å². The summed E-state index contributed by atoms with van der Waals surface area (Å²) in [5.74, 6) is -0.592. The number of hydrogen-bond acceptors (Lipinski definition) is 3. The van der Waals surface area contributed by atoms with E-state index in [2.05, 4.69) is 0 Å². The van der Waals surface area contributed by atoms with Gasteiger partial charge in [0, 0.05) is 13.6 Å². The lowest BCUT2D eigenvalue weighted by atomic mass is 10.2. The summed E-state index contributed by atoms with van der Waals surface area (Å²) < 4.78 is 36.7. The van der Waals surface area contributed by atoms with E-state index < -0.39 is 15.8 Å². The molecule has 4 nitrogen and oxygen atoms in total. The van der Waals surface area contributed by atoms with Gasteiger partial charge in [0.1, 0.15) is 5.82 Å². The number of hydrogen-bond donors (Lipinski definition) is 1. The molecule has 0 aliphatic heterocycles. The van der Waals surface area contributed by atoms with Crippen LogP contribution >= 0.6 is 0 Å². The average Bonchev–Trinajstić information content (AvgIpc) is 2.15. The van der Waals surface area contributed by atoms with Crippen LogP contribution in [0.1, 0.15) is 5.56 Å². The lowest BCUT2D eigenvalue weighted by Gasteiger charge is -2.17. The Morgan fingerprint density at radius 3 is 2.47 bits per heavy atom. The maximum absolute atomic E-state index is 13.5. The van der Waals surface area contributed by atoms with Crippen molar-refractivity contribution in [2.75, 3.05) is 17.6 Å². The molecule has 6 heteroatoms. The lowest BCUT2D eigenvalue weighted by molar-refractivity contribution is 0.594. The smallest absolute Gasteiger partial charge is 0.232 e.